The Morgan fingerprint density at radius 1 is 1.20 bits per heavy atom. The number of hydrogen-bond acceptors (Lipinski definition) is 6. The first kappa shape index (κ1) is 19.6. The molecule has 2 amide bonds. The van der Waals surface area contributed by atoms with Crippen LogP contribution in [0.1, 0.15) is 25.7 Å². The molecule has 1 aliphatic rings. The Kier molecular flexibility index (Phi) is 5.47. The standard InChI is InChI=1S/C22H22N4O4/c1-14-22(28)26(2)17-13-16(11-12-18(17)29-14)23-19(27)9-6-10-20-24-21(25-30-20)15-7-4-3-5-8-15/h3-5,7-8,11-14H,6,9-10H2,1-2H3,(H,23,27). The van der Waals surface area contributed by atoms with E-state index in [1.165, 1.54) is 0 Å². The molecule has 8 heteroatoms. The predicted octanol–water partition coefficient (Wildman–Crippen LogP) is 3.44. The Morgan fingerprint density at radius 2 is 2.00 bits per heavy atom. The number of benzene rings is 2. The minimum atomic E-state index is -0.518. The Morgan fingerprint density at radius 3 is 2.80 bits per heavy atom. The maximum absolute atomic E-state index is 12.3. The number of rotatable bonds is 6. The Balaban J connectivity index is 1.31. The van der Waals surface area contributed by atoms with E-state index >= 15 is 0 Å². The summed E-state index contributed by atoms with van der Waals surface area (Å²) < 4.78 is 10.9. The molecule has 1 atom stereocenters. The van der Waals surface area contributed by atoms with E-state index in [2.05, 4.69) is 15.5 Å². The van der Waals surface area contributed by atoms with Crippen molar-refractivity contribution in [2.24, 2.45) is 0 Å². The maximum atomic E-state index is 12.3. The van der Waals surface area contributed by atoms with Gasteiger partial charge in [0.1, 0.15) is 5.75 Å². The lowest BCUT2D eigenvalue weighted by molar-refractivity contribution is -0.125. The minimum absolute atomic E-state index is 0.125. The zero-order chi connectivity index (χ0) is 21.1. The molecule has 0 saturated carbocycles. The zero-order valence-corrected chi connectivity index (χ0v) is 16.8. The minimum Gasteiger partial charge on any atom is -0.479 e. The number of nitrogens with one attached hydrogen (secondary N) is 1. The first-order valence-corrected chi connectivity index (χ1v) is 9.77. The molecule has 0 spiro atoms. The second-order valence-corrected chi connectivity index (χ2v) is 7.12. The lowest BCUT2D eigenvalue weighted by Gasteiger charge is -2.30. The van der Waals surface area contributed by atoms with Gasteiger partial charge in [0.2, 0.25) is 17.6 Å². The fraction of sp³-hybridized carbons (Fsp3) is 0.273. The van der Waals surface area contributed by atoms with Gasteiger partial charge in [-0.1, -0.05) is 35.5 Å². The second-order valence-electron chi connectivity index (χ2n) is 7.12. The maximum Gasteiger partial charge on any atom is 0.267 e. The Hall–Kier alpha value is -3.68. The number of fused-ring (bicyclic) bond motifs is 1. The molecule has 1 N–H and O–H groups in total. The molecule has 2 heterocycles. The zero-order valence-electron chi connectivity index (χ0n) is 16.8. The molecule has 4 rings (SSSR count). The molecule has 0 saturated heterocycles. The van der Waals surface area contributed by atoms with Crippen molar-refractivity contribution < 1.29 is 18.8 Å². The van der Waals surface area contributed by atoms with Gasteiger partial charge < -0.3 is 19.5 Å². The van der Waals surface area contributed by atoms with Gasteiger partial charge in [-0.3, -0.25) is 9.59 Å². The summed E-state index contributed by atoms with van der Waals surface area (Å²) >= 11 is 0. The van der Waals surface area contributed by atoms with Crippen LogP contribution in [-0.4, -0.2) is 35.1 Å². The van der Waals surface area contributed by atoms with Gasteiger partial charge in [0, 0.05) is 31.1 Å². The number of anilines is 2. The SMILES string of the molecule is CC1Oc2ccc(NC(=O)CCCc3nc(-c4ccccc4)no3)cc2N(C)C1=O. The van der Waals surface area contributed by atoms with Crippen LogP contribution >= 0.6 is 0 Å². The summed E-state index contributed by atoms with van der Waals surface area (Å²) in [7, 11) is 1.69. The van der Waals surface area contributed by atoms with Crippen molar-refractivity contribution >= 4 is 23.2 Å². The van der Waals surface area contributed by atoms with Crippen LogP contribution in [0.15, 0.2) is 53.1 Å². The number of aromatic nitrogens is 2. The quantitative estimate of drug-likeness (QED) is 0.673. The molecular weight excluding hydrogens is 384 g/mol. The molecule has 0 fully saturated rings. The average molecular weight is 406 g/mol. The third-order valence-corrected chi connectivity index (χ3v) is 4.88. The lowest BCUT2D eigenvalue weighted by Crippen LogP contribution is -2.41. The highest BCUT2D eigenvalue weighted by atomic mass is 16.5. The van der Waals surface area contributed by atoms with Crippen LogP contribution in [0.4, 0.5) is 11.4 Å². The van der Waals surface area contributed by atoms with Crippen LogP contribution in [0, 0.1) is 0 Å². The number of aryl methyl sites for hydroxylation is 1. The monoisotopic (exact) mass is 406 g/mol. The van der Waals surface area contributed by atoms with Gasteiger partial charge in [-0.2, -0.15) is 4.98 Å². The fourth-order valence-electron chi connectivity index (χ4n) is 3.27. The van der Waals surface area contributed by atoms with Gasteiger partial charge >= 0.3 is 0 Å². The number of carbonyl (C=O) groups excluding carboxylic acids is 2. The highest BCUT2D eigenvalue weighted by Crippen LogP contribution is 2.35. The van der Waals surface area contributed by atoms with Crippen molar-refractivity contribution in [2.75, 3.05) is 17.3 Å². The molecule has 1 aliphatic heterocycles. The largest absolute Gasteiger partial charge is 0.479 e. The molecule has 30 heavy (non-hydrogen) atoms. The van der Waals surface area contributed by atoms with Crippen LogP contribution in [0.25, 0.3) is 11.4 Å². The van der Waals surface area contributed by atoms with Crippen molar-refractivity contribution in [3.8, 4) is 17.1 Å². The molecule has 8 nitrogen and oxygen atoms in total. The number of ether oxygens (including phenoxy) is 1. The molecule has 154 valence electrons. The number of likely N-dealkylation sites (N-methyl/N-ethyl adjacent to an activating group) is 1. The summed E-state index contributed by atoms with van der Waals surface area (Å²) in [5.41, 5.74) is 2.13. The van der Waals surface area contributed by atoms with E-state index in [0.29, 0.717) is 48.1 Å². The van der Waals surface area contributed by atoms with E-state index in [9.17, 15) is 9.59 Å². The summed E-state index contributed by atoms with van der Waals surface area (Å²) in [5, 5.41) is 6.84. The average Bonchev–Trinajstić information content (AvgIpc) is 3.22. The Bertz CT molecular complexity index is 1060. The van der Waals surface area contributed by atoms with Gasteiger partial charge in [-0.05, 0) is 31.5 Å². The molecule has 1 unspecified atom stereocenters. The van der Waals surface area contributed by atoms with E-state index in [0.717, 1.165) is 5.56 Å². The lowest BCUT2D eigenvalue weighted by atomic mass is 10.1. The van der Waals surface area contributed by atoms with Gasteiger partial charge in [0.05, 0.1) is 5.69 Å². The highest BCUT2D eigenvalue weighted by molar-refractivity contribution is 6.00. The summed E-state index contributed by atoms with van der Waals surface area (Å²) in [6.45, 7) is 1.71. The molecule has 0 bridgehead atoms. The van der Waals surface area contributed by atoms with Crippen LogP contribution in [0.2, 0.25) is 0 Å². The number of amides is 2. The third kappa shape index (κ3) is 4.17. The fourth-order valence-corrected chi connectivity index (χ4v) is 3.27. The van der Waals surface area contributed by atoms with Gasteiger partial charge in [-0.25, -0.2) is 0 Å². The van der Waals surface area contributed by atoms with E-state index < -0.39 is 6.10 Å². The molecule has 2 aromatic carbocycles. The van der Waals surface area contributed by atoms with Crippen LogP contribution in [0.3, 0.4) is 0 Å². The van der Waals surface area contributed by atoms with Gasteiger partial charge in [-0.15, -0.1) is 0 Å². The van der Waals surface area contributed by atoms with Crippen LogP contribution in [0.5, 0.6) is 5.75 Å². The first-order chi connectivity index (χ1) is 14.5. The predicted molar refractivity (Wildman–Crippen MR) is 111 cm³/mol. The van der Waals surface area contributed by atoms with Gasteiger partial charge in [0.15, 0.2) is 6.10 Å². The van der Waals surface area contributed by atoms with Crippen molar-refractivity contribution in [3.05, 3.63) is 54.4 Å². The van der Waals surface area contributed by atoms with Crippen molar-refractivity contribution in [1.29, 1.82) is 0 Å². The summed E-state index contributed by atoms with van der Waals surface area (Å²) in [6, 6.07) is 14.8. The van der Waals surface area contributed by atoms with Crippen LogP contribution < -0.4 is 15.0 Å². The molecular formula is C22H22N4O4. The number of nitrogens with zero attached hydrogens (tertiary/aromatic N) is 3. The summed E-state index contributed by atoms with van der Waals surface area (Å²) in [6.07, 6.45) is 0.879. The van der Waals surface area contributed by atoms with Crippen LogP contribution in [-0.2, 0) is 16.0 Å². The second kappa shape index (κ2) is 8.36. The molecule has 0 aliphatic carbocycles. The van der Waals surface area contributed by atoms with Gasteiger partial charge in [0.25, 0.3) is 5.91 Å². The number of hydrogen-bond donors (Lipinski definition) is 1. The molecule has 1 aromatic heterocycles. The summed E-state index contributed by atoms with van der Waals surface area (Å²) in [4.78, 5) is 30.3. The van der Waals surface area contributed by atoms with E-state index in [-0.39, 0.29) is 11.8 Å². The molecule has 0 radical (unpaired) electrons. The topological polar surface area (TPSA) is 97.6 Å². The molecule has 3 aromatic rings. The van der Waals surface area contributed by atoms with Crippen molar-refractivity contribution in [3.63, 3.8) is 0 Å². The summed E-state index contributed by atoms with van der Waals surface area (Å²) in [5.74, 6) is 1.41. The third-order valence-electron chi connectivity index (χ3n) is 4.88. The number of carbonyl (C=O) groups is 2. The normalized spacial score (nSPS) is 15.5. The highest BCUT2D eigenvalue weighted by Gasteiger charge is 2.29. The van der Waals surface area contributed by atoms with E-state index in [1.54, 1.807) is 37.1 Å². The Labute approximate surface area is 173 Å². The van der Waals surface area contributed by atoms with Crippen molar-refractivity contribution in [1.82, 2.24) is 10.1 Å². The van der Waals surface area contributed by atoms with Crippen molar-refractivity contribution in [2.45, 2.75) is 32.3 Å². The van der Waals surface area contributed by atoms with E-state index in [1.807, 2.05) is 30.3 Å². The first-order valence-electron chi connectivity index (χ1n) is 9.77. The smallest absolute Gasteiger partial charge is 0.267 e. The van der Waals surface area contributed by atoms with E-state index in [4.69, 9.17) is 9.26 Å².